The molecule has 2 N–H and O–H groups in total. The van der Waals surface area contributed by atoms with Gasteiger partial charge in [-0.1, -0.05) is 67.2 Å². The quantitative estimate of drug-likeness (QED) is 0.336. The number of hydrogen-bond acceptors (Lipinski definition) is 2. The first-order chi connectivity index (χ1) is 10.8. The molecule has 0 aromatic carbocycles. The van der Waals surface area contributed by atoms with Crippen molar-refractivity contribution in [3.63, 3.8) is 0 Å². The monoisotopic (exact) mass is 408 g/mol. The summed E-state index contributed by atoms with van der Waals surface area (Å²) in [5, 5.41) is 16.7. The molecule has 0 aliphatic heterocycles. The number of carboxylic acid groups (broad SMARTS) is 2. The Bertz CT molecular complexity index is 307. The van der Waals surface area contributed by atoms with E-state index in [2.05, 4.69) is 41.5 Å². The molecular weight excluding hydrogens is 370 g/mol. The molecule has 0 aromatic heterocycles. The summed E-state index contributed by atoms with van der Waals surface area (Å²) in [4.78, 5) is 20.3. The SMILES string of the molecule is CC(C)(C)CCCCCC(=O)O.CC(C)(C)CCCCCC(=O)O.[Zn]. The van der Waals surface area contributed by atoms with Crippen LogP contribution in [-0.2, 0) is 29.1 Å². The summed E-state index contributed by atoms with van der Waals surface area (Å²) < 4.78 is 0. The molecule has 0 aliphatic rings. The Morgan fingerprint density at radius 1 is 0.600 bits per heavy atom. The number of unbranched alkanes of at least 4 members (excludes halogenated alkanes) is 4. The van der Waals surface area contributed by atoms with E-state index in [4.69, 9.17) is 10.2 Å². The van der Waals surface area contributed by atoms with Crippen LogP contribution in [0.4, 0.5) is 0 Å². The zero-order valence-corrected chi connectivity index (χ0v) is 20.5. The van der Waals surface area contributed by atoms with Crippen LogP contribution in [0.5, 0.6) is 0 Å². The Kier molecular flexibility index (Phi) is 18.5. The van der Waals surface area contributed by atoms with E-state index in [0.29, 0.717) is 23.7 Å². The van der Waals surface area contributed by atoms with Crippen LogP contribution in [0.25, 0.3) is 0 Å². The van der Waals surface area contributed by atoms with Crippen molar-refractivity contribution in [3.05, 3.63) is 0 Å². The van der Waals surface area contributed by atoms with Gasteiger partial charge in [-0.2, -0.15) is 0 Å². The fourth-order valence-corrected chi connectivity index (χ4v) is 2.22. The maximum Gasteiger partial charge on any atom is 0.303 e. The van der Waals surface area contributed by atoms with Crippen molar-refractivity contribution >= 4 is 11.9 Å². The Morgan fingerprint density at radius 3 is 1.08 bits per heavy atom. The standard InChI is InChI=1S/2C10H20O2.Zn/c2*1-10(2,3)8-6-4-5-7-9(11)12;/h2*4-8H2,1-3H3,(H,11,12);. The van der Waals surface area contributed by atoms with E-state index >= 15 is 0 Å². The van der Waals surface area contributed by atoms with E-state index in [1.54, 1.807) is 0 Å². The molecule has 0 atom stereocenters. The molecule has 0 saturated heterocycles. The molecule has 0 bridgehead atoms. The molecule has 146 valence electrons. The number of carboxylic acids is 2. The van der Waals surface area contributed by atoms with Gasteiger partial charge in [0, 0.05) is 32.3 Å². The normalized spacial score (nSPS) is 11.1. The number of aliphatic carboxylic acids is 2. The molecule has 4 nitrogen and oxygen atoms in total. The molecule has 0 amide bonds. The van der Waals surface area contributed by atoms with Crippen LogP contribution in [0.15, 0.2) is 0 Å². The Hall–Kier alpha value is -0.437. The fraction of sp³-hybridized carbons (Fsp3) is 0.900. The van der Waals surface area contributed by atoms with Crippen molar-refractivity contribution in [2.24, 2.45) is 10.8 Å². The van der Waals surface area contributed by atoms with Gasteiger partial charge < -0.3 is 10.2 Å². The van der Waals surface area contributed by atoms with Gasteiger partial charge in [-0.25, -0.2) is 0 Å². The summed E-state index contributed by atoms with van der Waals surface area (Å²) in [5.74, 6) is -1.35. The van der Waals surface area contributed by atoms with Crippen LogP contribution < -0.4 is 0 Å². The second-order valence-electron chi connectivity index (χ2n) is 9.03. The molecular formula is C20H40O4Zn. The first kappa shape index (κ1) is 29.3. The molecule has 0 saturated carbocycles. The van der Waals surface area contributed by atoms with Crippen molar-refractivity contribution in [1.29, 1.82) is 0 Å². The molecule has 5 heteroatoms. The summed E-state index contributed by atoms with van der Waals surface area (Å²) in [5.41, 5.74) is 0.784. The van der Waals surface area contributed by atoms with Crippen LogP contribution in [0.2, 0.25) is 0 Å². The molecule has 0 aliphatic carbocycles. The van der Waals surface area contributed by atoms with Crippen molar-refractivity contribution in [3.8, 4) is 0 Å². The average molecular weight is 410 g/mol. The molecule has 0 rings (SSSR count). The smallest absolute Gasteiger partial charge is 0.303 e. The topological polar surface area (TPSA) is 74.6 Å². The van der Waals surface area contributed by atoms with Crippen LogP contribution in [0.3, 0.4) is 0 Å². The molecule has 0 radical (unpaired) electrons. The minimum Gasteiger partial charge on any atom is -0.481 e. The van der Waals surface area contributed by atoms with Gasteiger partial charge in [0.1, 0.15) is 0 Å². The summed E-state index contributed by atoms with van der Waals surface area (Å²) >= 11 is 0. The first-order valence-corrected chi connectivity index (χ1v) is 9.27. The Labute approximate surface area is 167 Å². The first-order valence-electron chi connectivity index (χ1n) is 9.27. The van der Waals surface area contributed by atoms with Crippen LogP contribution in [0.1, 0.15) is 106 Å². The van der Waals surface area contributed by atoms with Crippen LogP contribution in [0, 0.1) is 10.8 Å². The third-order valence-electron chi connectivity index (χ3n) is 3.63. The van der Waals surface area contributed by atoms with E-state index in [1.807, 2.05) is 0 Å². The summed E-state index contributed by atoms with van der Waals surface area (Å²) in [6.07, 6.45) is 9.06. The summed E-state index contributed by atoms with van der Waals surface area (Å²) in [6, 6.07) is 0. The zero-order chi connectivity index (χ0) is 19.2. The second kappa shape index (κ2) is 15.8. The Balaban J connectivity index is -0.000000372. The summed E-state index contributed by atoms with van der Waals surface area (Å²) in [7, 11) is 0. The van der Waals surface area contributed by atoms with Crippen molar-refractivity contribution in [2.45, 2.75) is 106 Å². The molecule has 0 fully saturated rings. The maximum atomic E-state index is 10.2. The summed E-state index contributed by atoms with van der Waals surface area (Å²) in [6.45, 7) is 13.3. The molecule has 0 aromatic rings. The molecule has 25 heavy (non-hydrogen) atoms. The fourth-order valence-electron chi connectivity index (χ4n) is 2.22. The van der Waals surface area contributed by atoms with E-state index in [-0.39, 0.29) is 19.5 Å². The predicted octanol–water partition coefficient (Wildman–Crippen LogP) is 6.13. The van der Waals surface area contributed by atoms with Gasteiger partial charge in [-0.05, 0) is 36.5 Å². The molecule has 0 unspecified atom stereocenters. The third-order valence-corrected chi connectivity index (χ3v) is 3.63. The van der Waals surface area contributed by atoms with Gasteiger partial charge in [0.05, 0.1) is 0 Å². The van der Waals surface area contributed by atoms with Crippen molar-refractivity contribution in [2.75, 3.05) is 0 Å². The van der Waals surface area contributed by atoms with Gasteiger partial charge in [0.2, 0.25) is 0 Å². The average Bonchev–Trinajstić information content (AvgIpc) is 2.35. The predicted molar refractivity (Wildman–Crippen MR) is 100 cm³/mol. The molecule has 0 spiro atoms. The molecule has 0 heterocycles. The van der Waals surface area contributed by atoms with E-state index in [9.17, 15) is 9.59 Å². The van der Waals surface area contributed by atoms with Crippen LogP contribution in [-0.4, -0.2) is 22.2 Å². The zero-order valence-electron chi connectivity index (χ0n) is 17.5. The van der Waals surface area contributed by atoms with E-state index < -0.39 is 11.9 Å². The minimum atomic E-state index is -0.675. The van der Waals surface area contributed by atoms with Gasteiger partial charge in [-0.15, -0.1) is 0 Å². The second-order valence-corrected chi connectivity index (χ2v) is 9.03. The third kappa shape index (κ3) is 35.5. The minimum absolute atomic E-state index is 0. The van der Waals surface area contributed by atoms with E-state index in [0.717, 1.165) is 38.5 Å². The number of carbonyl (C=O) groups is 2. The van der Waals surface area contributed by atoms with Gasteiger partial charge in [-0.3, -0.25) is 9.59 Å². The van der Waals surface area contributed by atoms with Crippen molar-refractivity contribution in [1.82, 2.24) is 0 Å². The number of hydrogen-bond donors (Lipinski definition) is 2. The van der Waals surface area contributed by atoms with Gasteiger partial charge in [0.25, 0.3) is 0 Å². The van der Waals surface area contributed by atoms with Crippen molar-refractivity contribution < 1.29 is 39.3 Å². The van der Waals surface area contributed by atoms with Gasteiger partial charge >= 0.3 is 11.9 Å². The number of rotatable bonds is 10. The van der Waals surface area contributed by atoms with Crippen LogP contribution >= 0.6 is 0 Å². The Morgan fingerprint density at radius 2 is 0.880 bits per heavy atom. The largest absolute Gasteiger partial charge is 0.481 e. The maximum absolute atomic E-state index is 10.2. The van der Waals surface area contributed by atoms with E-state index in [1.165, 1.54) is 12.8 Å². The van der Waals surface area contributed by atoms with Gasteiger partial charge in [0.15, 0.2) is 0 Å².